The summed E-state index contributed by atoms with van der Waals surface area (Å²) in [6.07, 6.45) is 0.674. The number of nitrogen functional groups attached to an aromatic ring is 1. The molecule has 1 heterocycles. The Morgan fingerprint density at radius 1 is 1.41 bits per heavy atom. The fraction of sp³-hybridized carbons (Fsp3) is 0.167. The molecule has 0 saturated carbocycles. The van der Waals surface area contributed by atoms with Gasteiger partial charge in [-0.3, -0.25) is 4.79 Å². The summed E-state index contributed by atoms with van der Waals surface area (Å²) in [5.74, 6) is 0.00567. The van der Waals surface area contributed by atoms with Crippen LogP contribution in [0.3, 0.4) is 0 Å². The van der Waals surface area contributed by atoms with Crippen molar-refractivity contribution in [2.24, 2.45) is 0 Å². The molecule has 2 aromatic rings. The van der Waals surface area contributed by atoms with Crippen molar-refractivity contribution in [2.45, 2.75) is 13.5 Å². The van der Waals surface area contributed by atoms with Crippen LogP contribution in [0.2, 0.25) is 0 Å². The maximum absolute atomic E-state index is 12.8. The van der Waals surface area contributed by atoms with Crippen molar-refractivity contribution in [3.8, 4) is 11.3 Å². The van der Waals surface area contributed by atoms with Gasteiger partial charge in [0.05, 0.1) is 5.56 Å². The number of benzene rings is 1. The third kappa shape index (κ3) is 1.91. The van der Waals surface area contributed by atoms with Crippen LogP contribution in [-0.2, 0) is 6.54 Å². The summed E-state index contributed by atoms with van der Waals surface area (Å²) in [6, 6.07) is 5.80. The molecular weight excluding hydrogens is 221 g/mol. The smallest absolute Gasteiger partial charge is 0.156 e. The highest BCUT2D eigenvalue weighted by Gasteiger charge is 2.15. The van der Waals surface area contributed by atoms with Crippen molar-refractivity contribution in [3.63, 3.8) is 0 Å². The average molecular weight is 233 g/mol. The van der Waals surface area contributed by atoms with Crippen LogP contribution >= 0.6 is 0 Å². The fourth-order valence-corrected chi connectivity index (χ4v) is 1.67. The Kier molecular flexibility index (Phi) is 2.91. The Bertz CT molecular complexity index is 546. The van der Waals surface area contributed by atoms with Crippen LogP contribution in [0.5, 0.6) is 0 Å². The first-order valence-electron chi connectivity index (χ1n) is 5.24. The first-order chi connectivity index (χ1) is 8.17. The van der Waals surface area contributed by atoms with Crippen LogP contribution in [0.1, 0.15) is 17.3 Å². The van der Waals surface area contributed by atoms with Gasteiger partial charge in [0.2, 0.25) is 0 Å². The molecule has 0 unspecified atom stereocenters. The molecule has 0 aliphatic carbocycles. The Hall–Kier alpha value is -2.17. The molecule has 2 N–H and O–H groups in total. The molecule has 2 rings (SSSR count). The first-order valence-corrected chi connectivity index (χ1v) is 5.24. The highest BCUT2D eigenvalue weighted by molar-refractivity contribution is 5.91. The molecule has 0 atom stereocenters. The fourth-order valence-electron chi connectivity index (χ4n) is 1.67. The normalized spacial score (nSPS) is 10.5. The summed E-state index contributed by atoms with van der Waals surface area (Å²) in [4.78, 5) is 11.0. The molecule has 4 nitrogen and oxygen atoms in total. The molecule has 88 valence electrons. The monoisotopic (exact) mass is 233 g/mol. The van der Waals surface area contributed by atoms with Crippen LogP contribution in [0.15, 0.2) is 24.3 Å². The first kappa shape index (κ1) is 11.3. The van der Waals surface area contributed by atoms with E-state index in [0.29, 0.717) is 35.5 Å². The summed E-state index contributed by atoms with van der Waals surface area (Å²) in [5.41, 5.74) is 7.29. The van der Waals surface area contributed by atoms with E-state index in [4.69, 9.17) is 5.73 Å². The van der Waals surface area contributed by atoms with Gasteiger partial charge in [0.1, 0.15) is 17.3 Å². The number of halogens is 1. The van der Waals surface area contributed by atoms with Gasteiger partial charge >= 0.3 is 0 Å². The SMILES string of the molecule is CCn1nc(-c2ccc(F)cc2)c(C=O)c1N. The minimum absolute atomic E-state index is 0.329. The second kappa shape index (κ2) is 4.37. The molecule has 5 heteroatoms. The van der Waals surface area contributed by atoms with Crippen LogP contribution in [0.25, 0.3) is 11.3 Å². The van der Waals surface area contributed by atoms with Gasteiger partial charge in [-0.25, -0.2) is 9.07 Å². The van der Waals surface area contributed by atoms with Gasteiger partial charge in [-0.15, -0.1) is 0 Å². The van der Waals surface area contributed by atoms with Crippen molar-refractivity contribution < 1.29 is 9.18 Å². The van der Waals surface area contributed by atoms with Gasteiger partial charge in [0.15, 0.2) is 6.29 Å². The molecule has 1 aromatic carbocycles. The van der Waals surface area contributed by atoms with Crippen molar-refractivity contribution >= 4 is 12.1 Å². The maximum atomic E-state index is 12.8. The van der Waals surface area contributed by atoms with E-state index in [2.05, 4.69) is 5.10 Å². The van der Waals surface area contributed by atoms with Crippen LogP contribution < -0.4 is 5.73 Å². The van der Waals surface area contributed by atoms with Gasteiger partial charge in [-0.1, -0.05) is 0 Å². The van der Waals surface area contributed by atoms with Gasteiger partial charge in [-0.05, 0) is 31.2 Å². The minimum Gasteiger partial charge on any atom is -0.383 e. The predicted octanol–water partition coefficient (Wildman–Crippen LogP) is 2.10. The molecule has 0 saturated heterocycles. The molecule has 17 heavy (non-hydrogen) atoms. The quantitative estimate of drug-likeness (QED) is 0.826. The topological polar surface area (TPSA) is 60.9 Å². The molecule has 0 spiro atoms. The van der Waals surface area contributed by atoms with Crippen LogP contribution in [0, 0.1) is 5.82 Å². The summed E-state index contributed by atoms with van der Waals surface area (Å²) >= 11 is 0. The van der Waals surface area contributed by atoms with Crippen LogP contribution in [-0.4, -0.2) is 16.1 Å². The number of aryl methyl sites for hydroxylation is 1. The van der Waals surface area contributed by atoms with Crippen molar-refractivity contribution in [2.75, 3.05) is 5.73 Å². The molecule has 1 aromatic heterocycles. The third-order valence-electron chi connectivity index (χ3n) is 2.56. The number of carbonyl (C=O) groups is 1. The number of anilines is 1. The molecule has 0 radical (unpaired) electrons. The van der Waals surface area contributed by atoms with E-state index in [1.165, 1.54) is 12.1 Å². The van der Waals surface area contributed by atoms with Crippen molar-refractivity contribution in [3.05, 3.63) is 35.6 Å². The molecule has 0 aliphatic rings. The lowest BCUT2D eigenvalue weighted by molar-refractivity contribution is 0.112. The Labute approximate surface area is 97.9 Å². The lowest BCUT2D eigenvalue weighted by Gasteiger charge is -1.97. The van der Waals surface area contributed by atoms with E-state index in [9.17, 15) is 9.18 Å². The second-order valence-corrected chi connectivity index (χ2v) is 3.59. The van der Waals surface area contributed by atoms with Gasteiger partial charge in [0.25, 0.3) is 0 Å². The van der Waals surface area contributed by atoms with Gasteiger partial charge in [-0.2, -0.15) is 5.10 Å². The predicted molar refractivity (Wildman–Crippen MR) is 63.1 cm³/mol. The molecule has 0 amide bonds. The zero-order valence-electron chi connectivity index (χ0n) is 9.35. The molecular formula is C12H12FN3O. The lowest BCUT2D eigenvalue weighted by Crippen LogP contribution is -2.02. The standard InChI is InChI=1S/C12H12FN3O/c1-2-16-12(14)10(7-17)11(15-16)8-3-5-9(13)6-4-8/h3-7H,2,14H2,1H3. The zero-order chi connectivity index (χ0) is 12.4. The highest BCUT2D eigenvalue weighted by Crippen LogP contribution is 2.25. The van der Waals surface area contributed by atoms with E-state index in [-0.39, 0.29) is 5.82 Å². The number of hydrogen-bond acceptors (Lipinski definition) is 3. The summed E-state index contributed by atoms with van der Waals surface area (Å²) in [6.45, 7) is 2.46. The number of rotatable bonds is 3. The number of aldehydes is 1. The maximum Gasteiger partial charge on any atom is 0.156 e. The average Bonchev–Trinajstić information content (AvgIpc) is 2.66. The largest absolute Gasteiger partial charge is 0.383 e. The van der Waals surface area contributed by atoms with Crippen LogP contribution in [0.4, 0.5) is 10.2 Å². The zero-order valence-corrected chi connectivity index (χ0v) is 9.35. The summed E-state index contributed by atoms with van der Waals surface area (Å²) in [7, 11) is 0. The van der Waals surface area contributed by atoms with E-state index < -0.39 is 0 Å². The van der Waals surface area contributed by atoms with E-state index in [0.717, 1.165) is 0 Å². The van der Waals surface area contributed by atoms with Gasteiger partial charge < -0.3 is 5.73 Å². The summed E-state index contributed by atoms with van der Waals surface area (Å²) < 4.78 is 14.4. The van der Waals surface area contributed by atoms with E-state index >= 15 is 0 Å². The molecule has 0 fully saturated rings. The number of aromatic nitrogens is 2. The third-order valence-corrected chi connectivity index (χ3v) is 2.56. The number of nitrogens with zero attached hydrogens (tertiary/aromatic N) is 2. The minimum atomic E-state index is -0.329. The Balaban J connectivity index is 2.58. The van der Waals surface area contributed by atoms with E-state index in [1.54, 1.807) is 16.8 Å². The number of carbonyl (C=O) groups excluding carboxylic acids is 1. The molecule has 0 aliphatic heterocycles. The Morgan fingerprint density at radius 3 is 2.59 bits per heavy atom. The van der Waals surface area contributed by atoms with Gasteiger partial charge in [0, 0.05) is 12.1 Å². The highest BCUT2D eigenvalue weighted by atomic mass is 19.1. The molecule has 0 bridgehead atoms. The lowest BCUT2D eigenvalue weighted by atomic mass is 10.1. The van der Waals surface area contributed by atoms with Crippen molar-refractivity contribution in [1.82, 2.24) is 9.78 Å². The van der Waals surface area contributed by atoms with E-state index in [1.807, 2.05) is 6.92 Å². The van der Waals surface area contributed by atoms with Crippen molar-refractivity contribution in [1.29, 1.82) is 0 Å². The number of hydrogen-bond donors (Lipinski definition) is 1. The second-order valence-electron chi connectivity index (χ2n) is 3.59. The summed E-state index contributed by atoms with van der Waals surface area (Å²) in [5, 5.41) is 4.24. The number of nitrogens with two attached hydrogens (primary N) is 1. The Morgan fingerprint density at radius 2 is 2.06 bits per heavy atom.